The number of nitrogens with one attached hydrogen (secondary N) is 1. The lowest BCUT2D eigenvalue weighted by atomic mass is 9.96. The third-order valence-electron chi connectivity index (χ3n) is 2.97. The van der Waals surface area contributed by atoms with E-state index in [1.165, 1.54) is 12.1 Å². The third-order valence-corrected chi connectivity index (χ3v) is 3.56. The Bertz CT molecular complexity index is 607. The summed E-state index contributed by atoms with van der Waals surface area (Å²) in [4.78, 5) is 11.1. The molecule has 98 valence electrons. The number of anilines is 1. The van der Waals surface area contributed by atoms with Gasteiger partial charge >= 0.3 is 5.97 Å². The summed E-state index contributed by atoms with van der Waals surface area (Å²) in [5.41, 5.74) is -0.785. The van der Waals surface area contributed by atoms with E-state index in [0.717, 1.165) is 12.3 Å². The van der Waals surface area contributed by atoms with Gasteiger partial charge in [-0.15, -0.1) is 0 Å². The lowest BCUT2D eigenvalue weighted by Gasteiger charge is -2.13. The van der Waals surface area contributed by atoms with Gasteiger partial charge in [-0.2, -0.15) is 0 Å². The van der Waals surface area contributed by atoms with E-state index in [1.54, 1.807) is 0 Å². The van der Waals surface area contributed by atoms with Crippen LogP contribution in [-0.4, -0.2) is 25.7 Å². The standard InChI is InChI=1S/C11H12FNO4S/c1-18(16,17)13-9-6-7(2-3-8(9)12)11(4-5-11)10(14)15/h2-3,6,13H,4-5H2,1H3,(H,14,15). The Hall–Kier alpha value is -1.63. The van der Waals surface area contributed by atoms with E-state index in [2.05, 4.69) is 0 Å². The number of carboxylic acid groups (broad SMARTS) is 1. The number of carboxylic acids is 1. The van der Waals surface area contributed by atoms with Crippen molar-refractivity contribution in [2.75, 3.05) is 11.0 Å². The van der Waals surface area contributed by atoms with E-state index < -0.39 is 27.2 Å². The van der Waals surface area contributed by atoms with Crippen molar-refractivity contribution in [3.63, 3.8) is 0 Å². The molecule has 0 unspecified atom stereocenters. The minimum absolute atomic E-state index is 0.220. The summed E-state index contributed by atoms with van der Waals surface area (Å²) < 4.78 is 37.6. The molecule has 1 aromatic carbocycles. The minimum Gasteiger partial charge on any atom is -0.481 e. The van der Waals surface area contributed by atoms with E-state index in [4.69, 9.17) is 5.11 Å². The van der Waals surface area contributed by atoms with Crippen molar-refractivity contribution in [2.45, 2.75) is 18.3 Å². The van der Waals surface area contributed by atoms with Crippen molar-refractivity contribution in [3.05, 3.63) is 29.6 Å². The van der Waals surface area contributed by atoms with Gasteiger partial charge in [-0.05, 0) is 30.5 Å². The highest BCUT2D eigenvalue weighted by atomic mass is 32.2. The van der Waals surface area contributed by atoms with Crippen LogP contribution in [0.25, 0.3) is 0 Å². The zero-order valence-corrected chi connectivity index (χ0v) is 10.4. The van der Waals surface area contributed by atoms with Gasteiger partial charge in [0.1, 0.15) is 5.82 Å². The zero-order chi connectivity index (χ0) is 13.6. The first kappa shape index (κ1) is 12.8. The first-order chi connectivity index (χ1) is 8.24. The fraction of sp³-hybridized carbons (Fsp3) is 0.364. The van der Waals surface area contributed by atoms with Gasteiger partial charge in [0.15, 0.2) is 0 Å². The predicted molar refractivity (Wildman–Crippen MR) is 63.4 cm³/mol. The largest absolute Gasteiger partial charge is 0.481 e. The molecule has 0 atom stereocenters. The third kappa shape index (κ3) is 2.31. The molecule has 0 spiro atoms. The molecule has 0 aromatic heterocycles. The highest BCUT2D eigenvalue weighted by molar-refractivity contribution is 7.92. The first-order valence-corrected chi connectivity index (χ1v) is 7.15. The van der Waals surface area contributed by atoms with Crippen molar-refractivity contribution >= 4 is 21.7 Å². The molecule has 5 nitrogen and oxygen atoms in total. The van der Waals surface area contributed by atoms with Gasteiger partial charge in [0.2, 0.25) is 10.0 Å². The summed E-state index contributed by atoms with van der Waals surface area (Å²) in [5, 5.41) is 9.12. The first-order valence-electron chi connectivity index (χ1n) is 5.26. The van der Waals surface area contributed by atoms with Gasteiger partial charge in [0, 0.05) is 0 Å². The lowest BCUT2D eigenvalue weighted by Crippen LogP contribution is -2.20. The average Bonchev–Trinajstić information content (AvgIpc) is 3.00. The van der Waals surface area contributed by atoms with Crippen LogP contribution in [-0.2, 0) is 20.2 Å². The Morgan fingerprint density at radius 1 is 1.44 bits per heavy atom. The molecule has 0 saturated heterocycles. The predicted octanol–water partition coefficient (Wildman–Crippen LogP) is 1.31. The van der Waals surface area contributed by atoms with Crippen LogP contribution in [0, 0.1) is 5.82 Å². The van der Waals surface area contributed by atoms with Gasteiger partial charge in [0.05, 0.1) is 17.4 Å². The zero-order valence-electron chi connectivity index (χ0n) is 9.60. The van der Waals surface area contributed by atoms with Gasteiger partial charge in [0.25, 0.3) is 0 Å². The van der Waals surface area contributed by atoms with Crippen LogP contribution >= 0.6 is 0 Å². The molecular formula is C11H12FNO4S. The maximum Gasteiger partial charge on any atom is 0.314 e. The molecule has 1 fully saturated rings. The maximum absolute atomic E-state index is 13.4. The molecule has 1 saturated carbocycles. The van der Waals surface area contributed by atoms with Crippen LogP contribution in [0.4, 0.5) is 10.1 Å². The summed E-state index contributed by atoms with van der Waals surface area (Å²) in [7, 11) is -3.60. The topological polar surface area (TPSA) is 83.5 Å². The van der Waals surface area contributed by atoms with E-state index in [-0.39, 0.29) is 5.69 Å². The van der Waals surface area contributed by atoms with Crippen LogP contribution in [0.5, 0.6) is 0 Å². The van der Waals surface area contributed by atoms with Crippen LogP contribution in [0.15, 0.2) is 18.2 Å². The monoisotopic (exact) mass is 273 g/mol. The molecule has 2 rings (SSSR count). The van der Waals surface area contributed by atoms with Crippen molar-refractivity contribution < 1.29 is 22.7 Å². The molecule has 7 heteroatoms. The fourth-order valence-corrected chi connectivity index (χ4v) is 2.41. The molecule has 1 aliphatic rings. The Labute approximate surface area is 104 Å². The van der Waals surface area contributed by atoms with E-state index in [1.807, 2.05) is 4.72 Å². The van der Waals surface area contributed by atoms with Crippen molar-refractivity contribution in [1.82, 2.24) is 0 Å². The number of rotatable bonds is 4. The Balaban J connectivity index is 2.42. The van der Waals surface area contributed by atoms with Gasteiger partial charge in [-0.3, -0.25) is 9.52 Å². The number of sulfonamides is 1. The van der Waals surface area contributed by atoms with Crippen LogP contribution in [0.3, 0.4) is 0 Å². The highest BCUT2D eigenvalue weighted by Gasteiger charge is 2.51. The second-order valence-corrected chi connectivity index (χ2v) is 6.20. The fourth-order valence-electron chi connectivity index (χ4n) is 1.85. The second-order valence-electron chi connectivity index (χ2n) is 4.46. The normalized spacial score (nSPS) is 17.2. The molecule has 2 N–H and O–H groups in total. The molecule has 0 heterocycles. The minimum atomic E-state index is -3.60. The van der Waals surface area contributed by atoms with Gasteiger partial charge in [-0.25, -0.2) is 12.8 Å². The number of aliphatic carboxylic acids is 1. The smallest absolute Gasteiger partial charge is 0.314 e. The summed E-state index contributed by atoms with van der Waals surface area (Å²) in [6.07, 6.45) is 1.86. The Kier molecular flexibility index (Phi) is 2.81. The quantitative estimate of drug-likeness (QED) is 0.866. The number of halogens is 1. The summed E-state index contributed by atoms with van der Waals surface area (Å²) >= 11 is 0. The average molecular weight is 273 g/mol. The molecule has 1 aromatic rings. The molecule has 0 radical (unpaired) electrons. The van der Waals surface area contributed by atoms with E-state index in [0.29, 0.717) is 18.4 Å². The maximum atomic E-state index is 13.4. The van der Waals surface area contributed by atoms with Crippen molar-refractivity contribution in [2.24, 2.45) is 0 Å². The van der Waals surface area contributed by atoms with E-state index in [9.17, 15) is 17.6 Å². The van der Waals surface area contributed by atoms with Crippen molar-refractivity contribution in [3.8, 4) is 0 Å². The number of hydrogen-bond donors (Lipinski definition) is 2. The molecule has 1 aliphatic carbocycles. The molecule has 0 bridgehead atoms. The second kappa shape index (κ2) is 3.94. The van der Waals surface area contributed by atoms with Crippen LogP contribution in [0.1, 0.15) is 18.4 Å². The lowest BCUT2D eigenvalue weighted by molar-refractivity contribution is -0.140. The van der Waals surface area contributed by atoms with Gasteiger partial charge < -0.3 is 5.11 Å². The van der Waals surface area contributed by atoms with Gasteiger partial charge in [-0.1, -0.05) is 6.07 Å². The van der Waals surface area contributed by atoms with Crippen LogP contribution < -0.4 is 4.72 Å². The highest BCUT2D eigenvalue weighted by Crippen LogP contribution is 2.49. The van der Waals surface area contributed by atoms with Crippen molar-refractivity contribution in [1.29, 1.82) is 0 Å². The number of benzene rings is 1. The molecule has 0 aliphatic heterocycles. The Morgan fingerprint density at radius 2 is 2.06 bits per heavy atom. The molecule has 18 heavy (non-hydrogen) atoms. The summed E-state index contributed by atoms with van der Waals surface area (Å²) in [6.45, 7) is 0. The SMILES string of the molecule is CS(=O)(=O)Nc1cc(C2(C(=O)O)CC2)ccc1F. The molecular weight excluding hydrogens is 261 g/mol. The Morgan fingerprint density at radius 3 is 2.50 bits per heavy atom. The molecule has 0 amide bonds. The number of hydrogen-bond acceptors (Lipinski definition) is 3. The summed E-state index contributed by atoms with van der Waals surface area (Å²) in [5.74, 6) is -1.70. The summed E-state index contributed by atoms with van der Waals surface area (Å²) in [6, 6.07) is 3.70. The van der Waals surface area contributed by atoms with Crippen LogP contribution in [0.2, 0.25) is 0 Å². The number of carbonyl (C=O) groups is 1. The van der Waals surface area contributed by atoms with E-state index >= 15 is 0 Å².